The van der Waals surface area contributed by atoms with Gasteiger partial charge >= 0.3 is 0 Å². The number of anilines is 1. The number of aliphatic hydroxyl groups is 1. The molecule has 1 heterocycles. The average molecular weight is 194 g/mol. The van der Waals surface area contributed by atoms with Gasteiger partial charge < -0.3 is 10.0 Å². The van der Waals surface area contributed by atoms with Crippen molar-refractivity contribution in [2.24, 2.45) is 0 Å². The summed E-state index contributed by atoms with van der Waals surface area (Å²) in [6, 6.07) is 3.78. The zero-order valence-corrected chi connectivity index (χ0v) is 8.90. The van der Waals surface area contributed by atoms with E-state index in [0.29, 0.717) is 0 Å². The third-order valence-corrected chi connectivity index (χ3v) is 2.19. The average Bonchev–Trinajstić information content (AvgIpc) is 2.26. The van der Waals surface area contributed by atoms with Crippen molar-refractivity contribution < 1.29 is 5.11 Å². The number of nitrogens with zero attached hydrogens (tertiary/aromatic N) is 2. The Kier molecular flexibility index (Phi) is 4.40. The lowest BCUT2D eigenvalue weighted by molar-refractivity contribution is 0.281. The molecule has 1 aromatic rings. The first-order valence-corrected chi connectivity index (χ1v) is 5.12. The van der Waals surface area contributed by atoms with Gasteiger partial charge in [0.1, 0.15) is 5.82 Å². The van der Waals surface area contributed by atoms with Crippen molar-refractivity contribution in [2.75, 3.05) is 18.0 Å². The van der Waals surface area contributed by atoms with Crippen molar-refractivity contribution in [1.29, 1.82) is 0 Å². The molecule has 0 atom stereocenters. The van der Waals surface area contributed by atoms with Crippen molar-refractivity contribution in [3.05, 3.63) is 23.9 Å². The molecule has 3 heteroatoms. The number of pyridine rings is 1. The van der Waals surface area contributed by atoms with Gasteiger partial charge in [0.2, 0.25) is 0 Å². The topological polar surface area (TPSA) is 36.4 Å². The molecule has 0 saturated heterocycles. The molecule has 0 saturated carbocycles. The summed E-state index contributed by atoms with van der Waals surface area (Å²) < 4.78 is 0. The van der Waals surface area contributed by atoms with E-state index in [0.717, 1.165) is 30.9 Å². The molecule has 0 unspecified atom stereocenters. The zero-order chi connectivity index (χ0) is 10.4. The molecular weight excluding hydrogens is 176 g/mol. The summed E-state index contributed by atoms with van der Waals surface area (Å²) in [6.45, 7) is 6.31. The largest absolute Gasteiger partial charge is 0.392 e. The van der Waals surface area contributed by atoms with Gasteiger partial charge in [-0.25, -0.2) is 4.98 Å². The molecule has 78 valence electrons. The van der Waals surface area contributed by atoms with E-state index in [2.05, 4.69) is 23.7 Å². The van der Waals surface area contributed by atoms with E-state index >= 15 is 0 Å². The Labute approximate surface area is 85.4 Å². The van der Waals surface area contributed by atoms with Crippen LogP contribution in [0.2, 0.25) is 0 Å². The lowest BCUT2D eigenvalue weighted by Crippen LogP contribution is -2.24. The van der Waals surface area contributed by atoms with Gasteiger partial charge in [-0.2, -0.15) is 0 Å². The van der Waals surface area contributed by atoms with Crippen LogP contribution in [0.3, 0.4) is 0 Å². The molecule has 0 aromatic carbocycles. The molecule has 0 aliphatic rings. The van der Waals surface area contributed by atoms with Crippen LogP contribution in [-0.2, 0) is 6.61 Å². The van der Waals surface area contributed by atoms with E-state index in [9.17, 15) is 0 Å². The second-order valence-electron chi connectivity index (χ2n) is 3.26. The normalized spacial score (nSPS) is 10.2. The Morgan fingerprint density at radius 2 is 2.21 bits per heavy atom. The van der Waals surface area contributed by atoms with Crippen molar-refractivity contribution >= 4 is 5.82 Å². The fourth-order valence-corrected chi connectivity index (χ4v) is 1.44. The van der Waals surface area contributed by atoms with Crippen molar-refractivity contribution in [3.63, 3.8) is 0 Å². The Bertz CT molecular complexity index is 276. The first-order valence-electron chi connectivity index (χ1n) is 5.12. The molecule has 1 aromatic heterocycles. The molecule has 0 radical (unpaired) electrons. The minimum Gasteiger partial charge on any atom is -0.392 e. The van der Waals surface area contributed by atoms with Gasteiger partial charge in [0, 0.05) is 19.3 Å². The Balaban J connectivity index is 2.80. The van der Waals surface area contributed by atoms with Gasteiger partial charge in [-0.15, -0.1) is 0 Å². The maximum absolute atomic E-state index is 9.00. The summed E-state index contributed by atoms with van der Waals surface area (Å²) in [5, 5.41) is 9.00. The molecule has 0 aliphatic heterocycles. The molecule has 0 bridgehead atoms. The quantitative estimate of drug-likeness (QED) is 0.776. The molecule has 0 fully saturated rings. The van der Waals surface area contributed by atoms with Gasteiger partial charge in [-0.05, 0) is 31.0 Å². The number of aliphatic hydroxyl groups excluding tert-OH is 1. The number of aromatic nitrogens is 1. The van der Waals surface area contributed by atoms with E-state index < -0.39 is 0 Å². The SMILES string of the molecule is CCCN(CC)c1cc(CO)ccn1. The Morgan fingerprint density at radius 3 is 2.79 bits per heavy atom. The minimum absolute atomic E-state index is 0.0825. The second kappa shape index (κ2) is 5.60. The zero-order valence-electron chi connectivity index (χ0n) is 8.90. The maximum atomic E-state index is 9.00. The maximum Gasteiger partial charge on any atom is 0.128 e. The van der Waals surface area contributed by atoms with Crippen LogP contribution in [0.1, 0.15) is 25.8 Å². The fraction of sp³-hybridized carbons (Fsp3) is 0.545. The number of hydrogen-bond donors (Lipinski definition) is 1. The summed E-state index contributed by atoms with van der Waals surface area (Å²) in [6.07, 6.45) is 2.86. The molecule has 1 N–H and O–H groups in total. The summed E-state index contributed by atoms with van der Waals surface area (Å²) in [5.74, 6) is 0.959. The third-order valence-electron chi connectivity index (χ3n) is 2.19. The van der Waals surface area contributed by atoms with Crippen LogP contribution in [-0.4, -0.2) is 23.2 Å². The molecular formula is C11H18N2O. The summed E-state index contributed by atoms with van der Waals surface area (Å²) in [4.78, 5) is 6.50. The van der Waals surface area contributed by atoms with E-state index in [-0.39, 0.29) is 6.61 Å². The van der Waals surface area contributed by atoms with Gasteiger partial charge in [-0.3, -0.25) is 0 Å². The van der Waals surface area contributed by atoms with E-state index in [1.54, 1.807) is 6.20 Å². The predicted octanol–water partition coefficient (Wildman–Crippen LogP) is 1.81. The smallest absolute Gasteiger partial charge is 0.128 e. The summed E-state index contributed by atoms with van der Waals surface area (Å²) >= 11 is 0. The summed E-state index contributed by atoms with van der Waals surface area (Å²) in [5.41, 5.74) is 0.921. The predicted molar refractivity (Wildman–Crippen MR) is 58.3 cm³/mol. The van der Waals surface area contributed by atoms with Gasteiger partial charge in [0.15, 0.2) is 0 Å². The first kappa shape index (κ1) is 11.0. The van der Waals surface area contributed by atoms with Crippen LogP contribution < -0.4 is 4.90 Å². The van der Waals surface area contributed by atoms with Gasteiger partial charge in [0.05, 0.1) is 6.61 Å². The van der Waals surface area contributed by atoms with E-state index in [1.807, 2.05) is 12.1 Å². The van der Waals surface area contributed by atoms with Crippen molar-refractivity contribution in [3.8, 4) is 0 Å². The van der Waals surface area contributed by atoms with Gasteiger partial charge in [-0.1, -0.05) is 6.92 Å². The number of rotatable bonds is 5. The van der Waals surface area contributed by atoms with Gasteiger partial charge in [0.25, 0.3) is 0 Å². The van der Waals surface area contributed by atoms with Crippen molar-refractivity contribution in [1.82, 2.24) is 4.98 Å². The standard InChI is InChI=1S/C11H18N2O/c1-3-7-13(4-2)11-8-10(9-14)5-6-12-11/h5-6,8,14H,3-4,7,9H2,1-2H3. The second-order valence-corrected chi connectivity index (χ2v) is 3.26. The Morgan fingerprint density at radius 1 is 1.43 bits per heavy atom. The van der Waals surface area contributed by atoms with Crippen molar-refractivity contribution in [2.45, 2.75) is 26.9 Å². The third kappa shape index (κ3) is 2.70. The highest BCUT2D eigenvalue weighted by Crippen LogP contribution is 2.12. The van der Waals surface area contributed by atoms with Crippen LogP contribution in [0.4, 0.5) is 5.82 Å². The Hall–Kier alpha value is -1.09. The van der Waals surface area contributed by atoms with Crippen LogP contribution >= 0.6 is 0 Å². The highest BCUT2D eigenvalue weighted by atomic mass is 16.3. The fourth-order valence-electron chi connectivity index (χ4n) is 1.44. The molecule has 14 heavy (non-hydrogen) atoms. The first-order chi connectivity index (χ1) is 6.81. The molecule has 1 rings (SSSR count). The van der Waals surface area contributed by atoms with Crippen LogP contribution in [0, 0.1) is 0 Å². The molecule has 0 amide bonds. The summed E-state index contributed by atoms with van der Waals surface area (Å²) in [7, 11) is 0. The van der Waals surface area contributed by atoms with Crippen LogP contribution in [0.5, 0.6) is 0 Å². The molecule has 0 aliphatic carbocycles. The van der Waals surface area contributed by atoms with Crippen LogP contribution in [0.25, 0.3) is 0 Å². The van der Waals surface area contributed by atoms with E-state index in [4.69, 9.17) is 5.11 Å². The highest BCUT2D eigenvalue weighted by molar-refractivity contribution is 5.40. The molecule has 0 spiro atoms. The number of hydrogen-bond acceptors (Lipinski definition) is 3. The molecule has 3 nitrogen and oxygen atoms in total. The lowest BCUT2D eigenvalue weighted by Gasteiger charge is -2.21. The lowest BCUT2D eigenvalue weighted by atomic mass is 10.2. The van der Waals surface area contributed by atoms with Crippen LogP contribution in [0.15, 0.2) is 18.3 Å². The monoisotopic (exact) mass is 194 g/mol. The highest BCUT2D eigenvalue weighted by Gasteiger charge is 2.04. The minimum atomic E-state index is 0.0825. The van der Waals surface area contributed by atoms with E-state index in [1.165, 1.54) is 0 Å².